The zero-order valence-corrected chi connectivity index (χ0v) is 14.2. The van der Waals surface area contributed by atoms with E-state index in [0.29, 0.717) is 12.6 Å². The molecule has 1 aliphatic heterocycles. The average molecular weight is 339 g/mol. The molecule has 0 bridgehead atoms. The molecule has 7 heteroatoms. The van der Waals surface area contributed by atoms with E-state index in [4.69, 9.17) is 9.72 Å². The van der Waals surface area contributed by atoms with Gasteiger partial charge in [-0.3, -0.25) is 0 Å². The minimum Gasteiger partial charge on any atom is -0.447 e. The van der Waals surface area contributed by atoms with Crippen molar-refractivity contribution in [2.24, 2.45) is 7.05 Å². The van der Waals surface area contributed by atoms with E-state index in [1.165, 1.54) is 19.3 Å². The van der Waals surface area contributed by atoms with Gasteiger partial charge in [-0.1, -0.05) is 19.3 Å². The molecule has 2 fully saturated rings. The van der Waals surface area contributed by atoms with Crippen LogP contribution in [0.4, 0.5) is 4.79 Å². The van der Waals surface area contributed by atoms with Gasteiger partial charge in [0.05, 0.1) is 11.7 Å². The molecule has 0 aromatic carbocycles. The van der Waals surface area contributed by atoms with Crippen LogP contribution in [0.3, 0.4) is 0 Å². The summed E-state index contributed by atoms with van der Waals surface area (Å²) in [6.45, 7) is 0.334. The molecular weight excluding hydrogens is 318 g/mol. The Morgan fingerprint density at radius 1 is 1.28 bits per heavy atom. The summed E-state index contributed by atoms with van der Waals surface area (Å²) < 4.78 is 9.52. The molecule has 1 saturated heterocycles. The summed E-state index contributed by atoms with van der Waals surface area (Å²) in [5.74, 6) is 0.894. The monoisotopic (exact) mass is 339 g/mol. The number of hydrogen-bond acceptors (Lipinski definition) is 4. The van der Waals surface area contributed by atoms with Crippen molar-refractivity contribution in [3.05, 3.63) is 24.3 Å². The van der Waals surface area contributed by atoms with Gasteiger partial charge in [0, 0.05) is 24.7 Å². The number of rotatable bonds is 2. The first-order valence-electron chi connectivity index (χ1n) is 8.97. The number of aromatic nitrogens is 4. The Morgan fingerprint density at radius 3 is 2.88 bits per heavy atom. The largest absolute Gasteiger partial charge is 0.447 e. The number of alkyl carbamates (subject to hydrolysis) is 1. The summed E-state index contributed by atoms with van der Waals surface area (Å²) in [6.07, 6.45) is 9.58. The molecule has 1 aliphatic carbocycles. The molecule has 4 heterocycles. The van der Waals surface area contributed by atoms with Gasteiger partial charge in [-0.15, -0.1) is 0 Å². The predicted molar refractivity (Wildman–Crippen MR) is 93.4 cm³/mol. The van der Waals surface area contributed by atoms with E-state index in [0.717, 1.165) is 40.7 Å². The lowest BCUT2D eigenvalue weighted by atomic mass is 9.95. The fourth-order valence-electron chi connectivity index (χ4n) is 4.29. The van der Waals surface area contributed by atoms with Gasteiger partial charge in [0.2, 0.25) is 0 Å². The third kappa shape index (κ3) is 2.22. The highest BCUT2D eigenvalue weighted by atomic mass is 16.6. The Morgan fingerprint density at radius 2 is 2.12 bits per heavy atom. The molecule has 1 unspecified atom stereocenters. The van der Waals surface area contributed by atoms with Crippen LogP contribution in [0.1, 0.15) is 50.0 Å². The predicted octanol–water partition coefficient (Wildman–Crippen LogP) is 3.21. The number of nitrogens with one attached hydrogen (secondary N) is 1. The van der Waals surface area contributed by atoms with E-state index in [9.17, 15) is 4.79 Å². The van der Waals surface area contributed by atoms with Gasteiger partial charge in [-0.05, 0) is 18.9 Å². The number of hydrogen-bond donors (Lipinski definition) is 1. The van der Waals surface area contributed by atoms with Crippen molar-refractivity contribution in [3.8, 4) is 0 Å². The SMILES string of the molecule is Cn1ccc2c1ncc1nc(C3COC(=O)N3)n(C3CCCCC3)c12. The molecule has 2 aliphatic rings. The second kappa shape index (κ2) is 5.47. The molecule has 1 atom stereocenters. The number of imidazole rings is 1. The third-order valence-electron chi connectivity index (χ3n) is 5.49. The van der Waals surface area contributed by atoms with Crippen molar-refractivity contribution in [1.29, 1.82) is 0 Å². The first-order valence-corrected chi connectivity index (χ1v) is 8.97. The maximum Gasteiger partial charge on any atom is 0.407 e. The number of amides is 1. The molecule has 0 spiro atoms. The number of nitrogens with zero attached hydrogens (tertiary/aromatic N) is 4. The maximum absolute atomic E-state index is 11.6. The van der Waals surface area contributed by atoms with Crippen molar-refractivity contribution in [2.45, 2.75) is 44.2 Å². The van der Waals surface area contributed by atoms with E-state index < -0.39 is 0 Å². The van der Waals surface area contributed by atoms with Gasteiger partial charge in [0.25, 0.3) is 0 Å². The van der Waals surface area contributed by atoms with Crippen molar-refractivity contribution >= 4 is 28.2 Å². The van der Waals surface area contributed by atoms with Crippen LogP contribution < -0.4 is 5.32 Å². The summed E-state index contributed by atoms with van der Waals surface area (Å²) in [6, 6.07) is 2.33. The number of pyridine rings is 1. The fraction of sp³-hybridized carbons (Fsp3) is 0.500. The molecule has 7 nitrogen and oxygen atoms in total. The van der Waals surface area contributed by atoms with Crippen LogP contribution in [0.15, 0.2) is 18.5 Å². The first-order chi connectivity index (χ1) is 12.2. The topological polar surface area (TPSA) is 74.0 Å². The van der Waals surface area contributed by atoms with E-state index in [1.54, 1.807) is 0 Å². The second-order valence-corrected chi connectivity index (χ2v) is 7.08. The highest BCUT2D eigenvalue weighted by molar-refractivity contribution is 6.01. The molecule has 3 aromatic rings. The molecular formula is C18H21N5O2. The summed E-state index contributed by atoms with van der Waals surface area (Å²) in [5, 5.41) is 4.01. The number of cyclic esters (lactones) is 1. The Bertz CT molecular complexity index is 967. The van der Waals surface area contributed by atoms with Gasteiger partial charge in [0.1, 0.15) is 29.6 Å². The Hall–Kier alpha value is -2.57. The average Bonchev–Trinajstić information content (AvgIpc) is 3.32. The molecule has 1 saturated carbocycles. The standard InChI is InChI=1S/C18H21N5O2/c1-22-8-7-12-15-13(9-19-16(12)22)20-17(14-10-25-18(24)21-14)23(15)11-5-3-2-4-6-11/h7-9,11,14H,2-6,10H2,1H3,(H,21,24). The molecule has 0 radical (unpaired) electrons. The van der Waals surface area contributed by atoms with E-state index >= 15 is 0 Å². The van der Waals surface area contributed by atoms with Crippen LogP contribution in [0.5, 0.6) is 0 Å². The smallest absolute Gasteiger partial charge is 0.407 e. The van der Waals surface area contributed by atoms with Gasteiger partial charge < -0.3 is 19.2 Å². The highest BCUT2D eigenvalue weighted by Gasteiger charge is 2.32. The van der Waals surface area contributed by atoms with Gasteiger partial charge in [-0.2, -0.15) is 0 Å². The number of aryl methyl sites for hydroxylation is 1. The van der Waals surface area contributed by atoms with Crippen LogP contribution in [0.25, 0.3) is 22.1 Å². The Labute approximate surface area is 145 Å². The fourth-order valence-corrected chi connectivity index (χ4v) is 4.29. The zero-order valence-electron chi connectivity index (χ0n) is 14.2. The van der Waals surface area contributed by atoms with Crippen LogP contribution >= 0.6 is 0 Å². The molecule has 3 aromatic heterocycles. The van der Waals surface area contributed by atoms with E-state index in [2.05, 4.69) is 20.9 Å². The van der Waals surface area contributed by atoms with Crippen LogP contribution in [-0.2, 0) is 11.8 Å². The molecule has 1 N–H and O–H groups in total. The van der Waals surface area contributed by atoms with Gasteiger partial charge in [0.15, 0.2) is 0 Å². The van der Waals surface area contributed by atoms with Gasteiger partial charge in [-0.25, -0.2) is 14.8 Å². The minimum atomic E-state index is -0.366. The molecule has 1 amide bonds. The summed E-state index contributed by atoms with van der Waals surface area (Å²) in [4.78, 5) is 21.0. The number of fused-ring (bicyclic) bond motifs is 3. The van der Waals surface area contributed by atoms with Crippen LogP contribution in [0, 0.1) is 0 Å². The number of carbonyl (C=O) groups excluding carboxylic acids is 1. The summed E-state index contributed by atoms with van der Waals surface area (Å²) in [5.41, 5.74) is 2.98. The van der Waals surface area contributed by atoms with Crippen LogP contribution in [0.2, 0.25) is 0 Å². The van der Waals surface area contributed by atoms with Crippen molar-refractivity contribution in [3.63, 3.8) is 0 Å². The Kier molecular flexibility index (Phi) is 3.23. The van der Waals surface area contributed by atoms with E-state index in [1.807, 2.05) is 24.0 Å². The number of carbonyl (C=O) groups is 1. The minimum absolute atomic E-state index is 0.194. The number of ether oxygens (including phenoxy) is 1. The zero-order chi connectivity index (χ0) is 17.0. The van der Waals surface area contributed by atoms with Crippen molar-refractivity contribution < 1.29 is 9.53 Å². The Balaban J connectivity index is 1.77. The normalized spacial score (nSPS) is 21.8. The summed E-state index contributed by atoms with van der Waals surface area (Å²) >= 11 is 0. The third-order valence-corrected chi connectivity index (χ3v) is 5.49. The quantitative estimate of drug-likeness (QED) is 0.778. The molecule has 25 heavy (non-hydrogen) atoms. The summed E-state index contributed by atoms with van der Waals surface area (Å²) in [7, 11) is 2.01. The first kappa shape index (κ1) is 14.7. The van der Waals surface area contributed by atoms with Crippen molar-refractivity contribution in [1.82, 2.24) is 24.4 Å². The maximum atomic E-state index is 11.6. The van der Waals surface area contributed by atoms with Crippen molar-refractivity contribution in [2.75, 3.05) is 6.61 Å². The van der Waals surface area contributed by atoms with Crippen LogP contribution in [-0.4, -0.2) is 31.8 Å². The molecule has 5 rings (SSSR count). The lowest BCUT2D eigenvalue weighted by Gasteiger charge is -2.26. The lowest BCUT2D eigenvalue weighted by molar-refractivity contribution is 0.176. The van der Waals surface area contributed by atoms with E-state index in [-0.39, 0.29) is 12.1 Å². The highest BCUT2D eigenvalue weighted by Crippen LogP contribution is 2.37. The lowest BCUT2D eigenvalue weighted by Crippen LogP contribution is -2.24. The second-order valence-electron chi connectivity index (χ2n) is 7.08. The molecule has 130 valence electrons. The van der Waals surface area contributed by atoms with Gasteiger partial charge >= 0.3 is 6.09 Å².